The number of nitrogens with two attached hydrogens (primary N) is 1. The molecule has 0 aliphatic heterocycles. The van der Waals surface area contributed by atoms with Crippen LogP contribution in [0.5, 0.6) is 5.75 Å². The molecule has 0 radical (unpaired) electrons. The van der Waals surface area contributed by atoms with Crippen LogP contribution in [0.3, 0.4) is 0 Å². The van der Waals surface area contributed by atoms with Crippen LogP contribution in [0.15, 0.2) is 46.9 Å². The lowest BCUT2D eigenvalue weighted by molar-refractivity contribution is 0.102. The first-order valence-corrected chi connectivity index (χ1v) is 6.40. The minimum atomic E-state index is -0.247. The Morgan fingerprint density at radius 3 is 2.74 bits per heavy atom. The summed E-state index contributed by atoms with van der Waals surface area (Å²) in [5, 5.41) is 2.78. The normalized spacial score (nSPS) is 10.0. The van der Waals surface area contributed by atoms with Gasteiger partial charge in [0.15, 0.2) is 0 Å². The number of carbonyl (C=O) groups is 1. The fourth-order valence-corrected chi connectivity index (χ4v) is 2.03. The molecule has 3 N–H and O–H groups in total. The molecule has 1 amide bonds. The Morgan fingerprint density at radius 1 is 1.26 bits per heavy atom. The Bertz CT molecular complexity index is 614. The standard InChI is InChI=1S/C14H13BrN2O2/c1-19-13-6-5-9(15)7-12(13)14(18)17-11-4-2-3-10(16)8-11/h2-8H,16H2,1H3,(H,17,18). The van der Waals surface area contributed by atoms with E-state index in [-0.39, 0.29) is 5.91 Å². The third-order valence-corrected chi connectivity index (χ3v) is 3.04. The number of halogens is 1. The van der Waals surface area contributed by atoms with E-state index in [2.05, 4.69) is 21.2 Å². The molecule has 5 heteroatoms. The van der Waals surface area contributed by atoms with Gasteiger partial charge in [-0.2, -0.15) is 0 Å². The second-order valence-electron chi connectivity index (χ2n) is 3.92. The van der Waals surface area contributed by atoms with Crippen molar-refractivity contribution in [1.82, 2.24) is 0 Å². The fraction of sp³-hybridized carbons (Fsp3) is 0.0714. The molecule has 0 spiro atoms. The third-order valence-electron chi connectivity index (χ3n) is 2.55. The van der Waals surface area contributed by atoms with E-state index in [4.69, 9.17) is 10.5 Å². The summed E-state index contributed by atoms with van der Waals surface area (Å²) in [5.74, 6) is 0.272. The van der Waals surface area contributed by atoms with Crippen molar-refractivity contribution < 1.29 is 9.53 Å². The van der Waals surface area contributed by atoms with Gasteiger partial charge in [-0.3, -0.25) is 4.79 Å². The average Bonchev–Trinajstić information content (AvgIpc) is 2.38. The number of carbonyl (C=O) groups excluding carboxylic acids is 1. The van der Waals surface area contributed by atoms with E-state index in [1.165, 1.54) is 7.11 Å². The smallest absolute Gasteiger partial charge is 0.259 e. The van der Waals surface area contributed by atoms with Crippen LogP contribution in [-0.4, -0.2) is 13.0 Å². The molecule has 98 valence electrons. The summed E-state index contributed by atoms with van der Waals surface area (Å²) in [7, 11) is 1.53. The van der Waals surface area contributed by atoms with Crippen LogP contribution in [0.4, 0.5) is 11.4 Å². The fourth-order valence-electron chi connectivity index (χ4n) is 1.67. The molecule has 0 atom stereocenters. The molecule has 0 aliphatic rings. The molecule has 19 heavy (non-hydrogen) atoms. The molecule has 4 nitrogen and oxygen atoms in total. The summed E-state index contributed by atoms with van der Waals surface area (Å²) in [6, 6.07) is 12.3. The molecule has 0 saturated heterocycles. The first-order valence-electron chi connectivity index (χ1n) is 5.60. The molecule has 2 aromatic rings. The molecular weight excluding hydrogens is 308 g/mol. The molecule has 0 saturated carbocycles. The summed E-state index contributed by atoms with van der Waals surface area (Å²) in [6.07, 6.45) is 0. The first-order chi connectivity index (χ1) is 9.10. The molecule has 2 rings (SSSR count). The Morgan fingerprint density at radius 2 is 2.05 bits per heavy atom. The maximum Gasteiger partial charge on any atom is 0.259 e. The lowest BCUT2D eigenvalue weighted by Crippen LogP contribution is -2.13. The molecule has 0 bridgehead atoms. The highest BCUT2D eigenvalue weighted by atomic mass is 79.9. The zero-order valence-corrected chi connectivity index (χ0v) is 11.9. The van der Waals surface area contributed by atoms with Gasteiger partial charge < -0.3 is 15.8 Å². The molecule has 2 aromatic carbocycles. The quantitative estimate of drug-likeness (QED) is 0.853. The molecule has 0 heterocycles. The summed E-state index contributed by atoms with van der Waals surface area (Å²) in [5.41, 5.74) is 7.37. The third kappa shape index (κ3) is 3.26. The number of ether oxygens (including phenoxy) is 1. The maximum absolute atomic E-state index is 12.2. The second kappa shape index (κ2) is 5.75. The van der Waals surface area contributed by atoms with Gasteiger partial charge in [0.05, 0.1) is 12.7 Å². The van der Waals surface area contributed by atoms with Gasteiger partial charge in [-0.05, 0) is 36.4 Å². The highest BCUT2D eigenvalue weighted by molar-refractivity contribution is 9.10. The topological polar surface area (TPSA) is 64.3 Å². The van der Waals surface area contributed by atoms with E-state index < -0.39 is 0 Å². The molecular formula is C14H13BrN2O2. The van der Waals surface area contributed by atoms with E-state index in [0.29, 0.717) is 22.7 Å². The van der Waals surface area contributed by atoms with E-state index in [1.54, 1.807) is 36.4 Å². The molecule has 0 fully saturated rings. The van der Waals surface area contributed by atoms with Crippen LogP contribution in [0.1, 0.15) is 10.4 Å². The van der Waals surface area contributed by atoms with E-state index >= 15 is 0 Å². The summed E-state index contributed by atoms with van der Waals surface area (Å²) in [4.78, 5) is 12.2. The Hall–Kier alpha value is -2.01. The van der Waals surface area contributed by atoms with Crippen LogP contribution in [0.2, 0.25) is 0 Å². The Balaban J connectivity index is 2.27. The van der Waals surface area contributed by atoms with Gasteiger partial charge >= 0.3 is 0 Å². The first kappa shape index (κ1) is 13.4. The SMILES string of the molecule is COc1ccc(Br)cc1C(=O)Nc1cccc(N)c1. The van der Waals surface area contributed by atoms with Crippen molar-refractivity contribution in [1.29, 1.82) is 0 Å². The maximum atomic E-state index is 12.2. The number of anilines is 2. The second-order valence-corrected chi connectivity index (χ2v) is 4.84. The van der Waals surface area contributed by atoms with Crippen molar-refractivity contribution in [3.05, 3.63) is 52.5 Å². The van der Waals surface area contributed by atoms with Gasteiger partial charge in [-0.25, -0.2) is 0 Å². The summed E-state index contributed by atoms with van der Waals surface area (Å²) < 4.78 is 5.99. The lowest BCUT2D eigenvalue weighted by Gasteiger charge is -2.10. The molecule has 0 aliphatic carbocycles. The highest BCUT2D eigenvalue weighted by Gasteiger charge is 2.13. The number of benzene rings is 2. The predicted molar refractivity (Wildman–Crippen MR) is 79.5 cm³/mol. The van der Waals surface area contributed by atoms with Crippen LogP contribution < -0.4 is 15.8 Å². The number of methoxy groups -OCH3 is 1. The number of rotatable bonds is 3. The number of nitrogens with one attached hydrogen (secondary N) is 1. The molecule has 0 aromatic heterocycles. The average molecular weight is 321 g/mol. The van der Waals surface area contributed by atoms with Crippen LogP contribution in [0, 0.1) is 0 Å². The van der Waals surface area contributed by atoms with Crippen molar-refractivity contribution in [3.8, 4) is 5.75 Å². The minimum absolute atomic E-state index is 0.247. The lowest BCUT2D eigenvalue weighted by atomic mass is 10.2. The Kier molecular flexibility index (Phi) is 4.06. The number of hydrogen-bond acceptors (Lipinski definition) is 3. The predicted octanol–water partition coefficient (Wildman–Crippen LogP) is 3.29. The zero-order valence-electron chi connectivity index (χ0n) is 10.3. The number of nitrogen functional groups attached to an aromatic ring is 1. The van der Waals surface area contributed by atoms with Crippen molar-refractivity contribution in [2.75, 3.05) is 18.2 Å². The van der Waals surface area contributed by atoms with Crippen LogP contribution >= 0.6 is 15.9 Å². The van der Waals surface area contributed by atoms with Crippen molar-refractivity contribution in [2.45, 2.75) is 0 Å². The van der Waals surface area contributed by atoms with Gasteiger partial charge in [-0.1, -0.05) is 22.0 Å². The van der Waals surface area contributed by atoms with Crippen LogP contribution in [0.25, 0.3) is 0 Å². The largest absolute Gasteiger partial charge is 0.496 e. The summed E-state index contributed by atoms with van der Waals surface area (Å²) in [6.45, 7) is 0. The van der Waals surface area contributed by atoms with Crippen molar-refractivity contribution >= 4 is 33.2 Å². The van der Waals surface area contributed by atoms with Gasteiger partial charge in [0.2, 0.25) is 0 Å². The van der Waals surface area contributed by atoms with Gasteiger partial charge in [0, 0.05) is 15.8 Å². The number of hydrogen-bond donors (Lipinski definition) is 2. The number of amides is 1. The zero-order chi connectivity index (χ0) is 13.8. The van der Waals surface area contributed by atoms with Gasteiger partial charge in [0.25, 0.3) is 5.91 Å². The van der Waals surface area contributed by atoms with E-state index in [0.717, 1.165) is 4.47 Å². The Labute approximate surface area is 119 Å². The summed E-state index contributed by atoms with van der Waals surface area (Å²) >= 11 is 3.34. The van der Waals surface area contributed by atoms with Gasteiger partial charge in [-0.15, -0.1) is 0 Å². The van der Waals surface area contributed by atoms with Crippen molar-refractivity contribution in [3.63, 3.8) is 0 Å². The minimum Gasteiger partial charge on any atom is -0.496 e. The molecule has 0 unspecified atom stereocenters. The monoisotopic (exact) mass is 320 g/mol. The van der Waals surface area contributed by atoms with Crippen LogP contribution in [-0.2, 0) is 0 Å². The highest BCUT2D eigenvalue weighted by Crippen LogP contribution is 2.24. The van der Waals surface area contributed by atoms with E-state index in [1.807, 2.05) is 6.07 Å². The van der Waals surface area contributed by atoms with E-state index in [9.17, 15) is 4.79 Å². The van der Waals surface area contributed by atoms with Crippen molar-refractivity contribution in [2.24, 2.45) is 0 Å². The van der Waals surface area contributed by atoms with Gasteiger partial charge in [0.1, 0.15) is 5.75 Å².